The molecule has 2 fully saturated rings. The second-order valence-corrected chi connectivity index (χ2v) is 7.38. The largest absolute Gasteiger partial charge is 0.394 e. The minimum absolute atomic E-state index is 0.0503. The highest BCUT2D eigenvalue weighted by molar-refractivity contribution is 5.90. The molecule has 0 unspecified atom stereocenters. The molecule has 2 aromatic carbocycles. The predicted octanol–water partition coefficient (Wildman–Crippen LogP) is 2.68. The molecular weight excluding hydrogens is 352 g/mol. The van der Waals surface area contributed by atoms with E-state index < -0.39 is 0 Å². The van der Waals surface area contributed by atoms with Gasteiger partial charge in [0.05, 0.1) is 31.8 Å². The molecule has 2 aromatic rings. The van der Waals surface area contributed by atoms with Gasteiger partial charge in [0.2, 0.25) is 5.91 Å². The van der Waals surface area contributed by atoms with E-state index in [9.17, 15) is 9.90 Å². The van der Waals surface area contributed by atoms with Gasteiger partial charge < -0.3 is 14.7 Å². The van der Waals surface area contributed by atoms with E-state index in [1.54, 1.807) is 0 Å². The van der Waals surface area contributed by atoms with Crippen LogP contribution in [0, 0.1) is 11.8 Å². The minimum Gasteiger partial charge on any atom is -0.394 e. The lowest BCUT2D eigenvalue weighted by molar-refractivity contribution is -0.136. The van der Waals surface area contributed by atoms with Gasteiger partial charge in [-0.25, -0.2) is 0 Å². The van der Waals surface area contributed by atoms with Crippen molar-refractivity contribution in [3.05, 3.63) is 71.8 Å². The van der Waals surface area contributed by atoms with Gasteiger partial charge in [0.1, 0.15) is 0 Å². The Hall–Kier alpha value is -2.50. The highest BCUT2D eigenvalue weighted by atomic mass is 16.5. The Bertz CT molecular complexity index is 803. The minimum atomic E-state index is -0.294. The van der Waals surface area contributed by atoms with Gasteiger partial charge in [0, 0.05) is 31.1 Å². The quantitative estimate of drug-likeness (QED) is 0.786. The first-order valence-corrected chi connectivity index (χ1v) is 9.90. The van der Waals surface area contributed by atoms with Gasteiger partial charge in [-0.05, 0) is 11.1 Å². The molecule has 4 rings (SSSR count). The molecule has 1 heterocycles. The molecule has 0 radical (unpaired) electrons. The van der Waals surface area contributed by atoms with Crippen molar-refractivity contribution in [2.75, 3.05) is 32.9 Å². The van der Waals surface area contributed by atoms with Crippen molar-refractivity contribution in [1.82, 2.24) is 4.90 Å². The van der Waals surface area contributed by atoms with E-state index in [4.69, 9.17) is 4.74 Å². The van der Waals surface area contributed by atoms with Crippen LogP contribution in [0.5, 0.6) is 0 Å². The Balaban J connectivity index is 1.53. The summed E-state index contributed by atoms with van der Waals surface area (Å²) in [5.74, 6) is 0.319. The van der Waals surface area contributed by atoms with Crippen molar-refractivity contribution in [3.8, 4) is 0 Å². The Morgan fingerprint density at radius 3 is 2.39 bits per heavy atom. The van der Waals surface area contributed by atoms with E-state index in [-0.39, 0.29) is 36.3 Å². The first kappa shape index (κ1) is 18.8. The third kappa shape index (κ3) is 4.01. The lowest BCUT2D eigenvalue weighted by atomic mass is 10.1. The number of nitrogens with zero attached hydrogens (tertiary/aromatic N) is 2. The molecular formula is C23H26N2O3. The normalized spacial score (nSPS) is 25.6. The van der Waals surface area contributed by atoms with Gasteiger partial charge in [0.25, 0.3) is 0 Å². The molecule has 1 N–H and O–H groups in total. The smallest absolute Gasteiger partial charge is 0.227 e. The molecule has 2 aliphatic rings. The van der Waals surface area contributed by atoms with Crippen molar-refractivity contribution in [2.45, 2.75) is 12.0 Å². The maximum Gasteiger partial charge on any atom is 0.227 e. The molecule has 5 heteroatoms. The molecule has 1 saturated heterocycles. The van der Waals surface area contributed by atoms with E-state index in [0.717, 1.165) is 5.56 Å². The van der Waals surface area contributed by atoms with Crippen molar-refractivity contribution in [1.29, 1.82) is 0 Å². The van der Waals surface area contributed by atoms with Gasteiger partial charge in [-0.2, -0.15) is 0 Å². The zero-order valence-corrected chi connectivity index (χ0v) is 15.9. The van der Waals surface area contributed by atoms with Crippen LogP contribution in [0.3, 0.4) is 0 Å². The molecule has 1 aliphatic carbocycles. The van der Waals surface area contributed by atoms with E-state index in [2.05, 4.69) is 17.1 Å². The van der Waals surface area contributed by atoms with Crippen LogP contribution in [0.25, 0.3) is 0 Å². The van der Waals surface area contributed by atoms with Crippen molar-refractivity contribution < 1.29 is 14.6 Å². The SMILES string of the molecule is O=C([C@H]1[C@H](C=N[C@@H](CO)c2ccccc2)[C@@H]1c1ccccc1)N1CCOCC1. The van der Waals surface area contributed by atoms with Crippen LogP contribution in [0.4, 0.5) is 0 Å². The number of amides is 1. The summed E-state index contributed by atoms with van der Waals surface area (Å²) in [7, 11) is 0. The van der Waals surface area contributed by atoms with Crippen LogP contribution in [0.15, 0.2) is 65.7 Å². The summed E-state index contributed by atoms with van der Waals surface area (Å²) >= 11 is 0. The van der Waals surface area contributed by atoms with Crippen molar-refractivity contribution >= 4 is 12.1 Å². The Morgan fingerprint density at radius 2 is 1.75 bits per heavy atom. The first-order valence-electron chi connectivity index (χ1n) is 9.90. The number of aliphatic imine (C=N–C) groups is 1. The summed E-state index contributed by atoms with van der Waals surface area (Å²) in [4.78, 5) is 19.7. The van der Waals surface area contributed by atoms with E-state index in [1.807, 2.05) is 59.6 Å². The second kappa shape index (κ2) is 8.67. The van der Waals surface area contributed by atoms with Crippen LogP contribution in [0.1, 0.15) is 23.1 Å². The molecule has 5 nitrogen and oxygen atoms in total. The third-order valence-corrected chi connectivity index (χ3v) is 5.66. The number of rotatable bonds is 6. The fourth-order valence-electron chi connectivity index (χ4n) is 4.05. The van der Waals surface area contributed by atoms with Gasteiger partial charge in [-0.15, -0.1) is 0 Å². The Labute approximate surface area is 165 Å². The summed E-state index contributed by atoms with van der Waals surface area (Å²) in [6.07, 6.45) is 1.90. The summed E-state index contributed by atoms with van der Waals surface area (Å²) in [6.45, 7) is 2.47. The molecule has 0 aromatic heterocycles. The summed E-state index contributed by atoms with van der Waals surface area (Å²) in [5, 5.41) is 9.77. The number of morpholine rings is 1. The number of aliphatic hydroxyl groups is 1. The summed E-state index contributed by atoms with van der Waals surface area (Å²) in [5.41, 5.74) is 2.15. The number of ether oxygens (including phenoxy) is 1. The maximum absolute atomic E-state index is 13.1. The molecule has 0 spiro atoms. The van der Waals surface area contributed by atoms with Crippen LogP contribution in [-0.4, -0.2) is 55.0 Å². The first-order chi connectivity index (χ1) is 13.8. The monoisotopic (exact) mass is 378 g/mol. The Morgan fingerprint density at radius 1 is 1.11 bits per heavy atom. The second-order valence-electron chi connectivity index (χ2n) is 7.38. The topological polar surface area (TPSA) is 62.1 Å². The van der Waals surface area contributed by atoms with E-state index >= 15 is 0 Å². The standard InChI is InChI=1S/C23H26N2O3/c26-16-20(17-7-3-1-4-8-17)24-15-19-21(18-9-5-2-6-10-18)22(19)23(27)25-11-13-28-14-12-25/h1-10,15,19-22,26H,11-14,16H2/t19-,20+,21+,22+/m1/s1. The molecule has 28 heavy (non-hydrogen) atoms. The lowest BCUT2D eigenvalue weighted by Gasteiger charge is -2.27. The van der Waals surface area contributed by atoms with Crippen molar-refractivity contribution in [2.24, 2.45) is 16.8 Å². The number of aliphatic hydroxyl groups excluding tert-OH is 1. The van der Waals surface area contributed by atoms with Crippen LogP contribution in [-0.2, 0) is 9.53 Å². The highest BCUT2D eigenvalue weighted by Crippen LogP contribution is 2.54. The van der Waals surface area contributed by atoms with E-state index in [1.165, 1.54) is 5.56 Å². The lowest BCUT2D eigenvalue weighted by Crippen LogP contribution is -2.42. The Kier molecular flexibility index (Phi) is 5.84. The molecule has 0 bridgehead atoms. The fourth-order valence-corrected chi connectivity index (χ4v) is 4.05. The van der Waals surface area contributed by atoms with Gasteiger partial charge in [-0.3, -0.25) is 9.79 Å². The molecule has 1 amide bonds. The number of carbonyl (C=O) groups is 1. The average Bonchev–Trinajstić information content (AvgIpc) is 3.50. The zero-order chi connectivity index (χ0) is 19.3. The van der Waals surface area contributed by atoms with Gasteiger partial charge in [-0.1, -0.05) is 60.7 Å². The van der Waals surface area contributed by atoms with Crippen LogP contribution >= 0.6 is 0 Å². The third-order valence-electron chi connectivity index (χ3n) is 5.66. The van der Waals surface area contributed by atoms with E-state index in [0.29, 0.717) is 26.3 Å². The number of carbonyl (C=O) groups excluding carboxylic acids is 1. The van der Waals surface area contributed by atoms with Crippen LogP contribution < -0.4 is 0 Å². The predicted molar refractivity (Wildman–Crippen MR) is 108 cm³/mol. The average molecular weight is 378 g/mol. The molecule has 4 atom stereocenters. The summed E-state index contributed by atoms with van der Waals surface area (Å²) < 4.78 is 5.38. The highest BCUT2D eigenvalue weighted by Gasteiger charge is 2.55. The maximum atomic E-state index is 13.1. The van der Waals surface area contributed by atoms with Gasteiger partial charge in [0.15, 0.2) is 0 Å². The number of hydrogen-bond acceptors (Lipinski definition) is 4. The molecule has 146 valence electrons. The zero-order valence-electron chi connectivity index (χ0n) is 15.9. The molecule has 1 aliphatic heterocycles. The molecule has 1 saturated carbocycles. The number of benzene rings is 2. The number of hydrogen-bond donors (Lipinski definition) is 1. The van der Waals surface area contributed by atoms with Crippen LogP contribution in [0.2, 0.25) is 0 Å². The fraction of sp³-hybridized carbons (Fsp3) is 0.391. The van der Waals surface area contributed by atoms with Gasteiger partial charge >= 0.3 is 0 Å². The summed E-state index contributed by atoms with van der Waals surface area (Å²) in [6, 6.07) is 19.7. The van der Waals surface area contributed by atoms with Crippen molar-refractivity contribution in [3.63, 3.8) is 0 Å².